The van der Waals surface area contributed by atoms with Crippen molar-refractivity contribution in [3.05, 3.63) is 24.3 Å². The normalized spacial score (nSPS) is 17.9. The molecule has 19 heavy (non-hydrogen) atoms. The maximum Gasteiger partial charge on any atom is 0.109 e. The van der Waals surface area contributed by atoms with Gasteiger partial charge in [0.15, 0.2) is 0 Å². The molecule has 1 heteroatoms. The van der Waals surface area contributed by atoms with Crippen LogP contribution in [0.1, 0.15) is 72.6 Å². The van der Waals surface area contributed by atoms with Crippen molar-refractivity contribution in [2.75, 3.05) is 6.61 Å². The second-order valence-corrected chi connectivity index (χ2v) is 6.70. The van der Waals surface area contributed by atoms with Gasteiger partial charge >= 0.3 is 0 Å². The molecular weight excluding hydrogens is 232 g/mol. The summed E-state index contributed by atoms with van der Waals surface area (Å²) in [7, 11) is 0. The average molecular weight is 264 g/mol. The summed E-state index contributed by atoms with van der Waals surface area (Å²) in [6.07, 6.45) is 17.9. The standard InChI is InChI=1S/C18H32O/c1-5-6-7-8-9-13-16-19-18(17(2,3)4)14-11-10-12-15-18/h11-12,14-15H,5-10,13,16H2,1-4H3. The van der Waals surface area contributed by atoms with Crippen molar-refractivity contribution in [2.24, 2.45) is 5.41 Å². The summed E-state index contributed by atoms with van der Waals surface area (Å²) >= 11 is 0. The fourth-order valence-corrected chi connectivity index (χ4v) is 2.56. The first-order valence-electron chi connectivity index (χ1n) is 8.01. The molecule has 0 bridgehead atoms. The summed E-state index contributed by atoms with van der Waals surface area (Å²) in [5.74, 6) is 0. The zero-order chi connectivity index (χ0) is 14.2. The third kappa shape index (κ3) is 5.14. The number of hydrogen-bond acceptors (Lipinski definition) is 1. The van der Waals surface area contributed by atoms with E-state index in [1.54, 1.807) is 0 Å². The van der Waals surface area contributed by atoms with E-state index in [0.717, 1.165) is 13.0 Å². The van der Waals surface area contributed by atoms with Gasteiger partial charge in [-0.3, -0.25) is 0 Å². The molecule has 0 radical (unpaired) electrons. The van der Waals surface area contributed by atoms with Crippen molar-refractivity contribution in [3.63, 3.8) is 0 Å². The highest BCUT2D eigenvalue weighted by Crippen LogP contribution is 2.38. The van der Waals surface area contributed by atoms with Crippen LogP contribution in [-0.4, -0.2) is 12.2 Å². The zero-order valence-electron chi connectivity index (χ0n) is 13.4. The van der Waals surface area contributed by atoms with E-state index < -0.39 is 0 Å². The summed E-state index contributed by atoms with van der Waals surface area (Å²) in [4.78, 5) is 0. The van der Waals surface area contributed by atoms with Crippen molar-refractivity contribution in [3.8, 4) is 0 Å². The maximum absolute atomic E-state index is 6.27. The van der Waals surface area contributed by atoms with Gasteiger partial charge in [0.2, 0.25) is 0 Å². The Morgan fingerprint density at radius 2 is 1.53 bits per heavy atom. The molecule has 1 rings (SSSR count). The second-order valence-electron chi connectivity index (χ2n) is 6.70. The molecule has 0 aromatic rings. The number of unbranched alkanes of at least 4 members (excludes halogenated alkanes) is 5. The lowest BCUT2D eigenvalue weighted by atomic mass is 9.74. The van der Waals surface area contributed by atoms with E-state index in [9.17, 15) is 0 Å². The lowest BCUT2D eigenvalue weighted by Gasteiger charge is -2.41. The number of rotatable bonds is 8. The van der Waals surface area contributed by atoms with Gasteiger partial charge in [-0.05, 0) is 18.3 Å². The molecule has 110 valence electrons. The SMILES string of the molecule is CCCCCCCCOC1(C(C)(C)C)C=CCC=C1. The molecule has 0 N–H and O–H groups in total. The van der Waals surface area contributed by atoms with Gasteiger partial charge in [-0.2, -0.15) is 0 Å². The lowest BCUT2D eigenvalue weighted by molar-refractivity contribution is -0.0479. The highest BCUT2D eigenvalue weighted by molar-refractivity contribution is 5.24. The molecule has 0 aromatic carbocycles. The molecule has 0 saturated carbocycles. The smallest absolute Gasteiger partial charge is 0.109 e. The highest BCUT2D eigenvalue weighted by atomic mass is 16.5. The van der Waals surface area contributed by atoms with Gasteiger partial charge in [-0.25, -0.2) is 0 Å². The van der Waals surface area contributed by atoms with Crippen LogP contribution in [0.3, 0.4) is 0 Å². The van der Waals surface area contributed by atoms with Crippen LogP contribution in [0.5, 0.6) is 0 Å². The van der Waals surface area contributed by atoms with Crippen LogP contribution >= 0.6 is 0 Å². The summed E-state index contributed by atoms with van der Waals surface area (Å²) in [6.45, 7) is 9.91. The summed E-state index contributed by atoms with van der Waals surface area (Å²) in [6, 6.07) is 0. The molecule has 0 spiro atoms. The van der Waals surface area contributed by atoms with E-state index in [1.165, 1.54) is 38.5 Å². The van der Waals surface area contributed by atoms with Crippen LogP contribution < -0.4 is 0 Å². The van der Waals surface area contributed by atoms with E-state index in [1.807, 2.05) is 0 Å². The van der Waals surface area contributed by atoms with Crippen LogP contribution in [0.15, 0.2) is 24.3 Å². The lowest BCUT2D eigenvalue weighted by Crippen LogP contribution is -2.43. The third-order valence-corrected chi connectivity index (χ3v) is 4.01. The number of ether oxygens (including phenoxy) is 1. The molecular formula is C18H32O. The second kappa shape index (κ2) is 7.89. The van der Waals surface area contributed by atoms with Gasteiger partial charge in [0.25, 0.3) is 0 Å². The molecule has 0 unspecified atom stereocenters. The molecule has 0 amide bonds. The quantitative estimate of drug-likeness (QED) is 0.406. The first kappa shape index (κ1) is 16.5. The van der Waals surface area contributed by atoms with Gasteiger partial charge in [0.1, 0.15) is 5.60 Å². The summed E-state index contributed by atoms with van der Waals surface area (Å²) < 4.78 is 6.27. The third-order valence-electron chi connectivity index (χ3n) is 4.01. The summed E-state index contributed by atoms with van der Waals surface area (Å²) in [5.41, 5.74) is -0.0860. The first-order valence-corrected chi connectivity index (χ1v) is 8.01. The average Bonchev–Trinajstić information content (AvgIpc) is 2.37. The van der Waals surface area contributed by atoms with Gasteiger partial charge < -0.3 is 4.74 Å². The van der Waals surface area contributed by atoms with E-state index in [-0.39, 0.29) is 11.0 Å². The van der Waals surface area contributed by atoms with Gasteiger partial charge in [-0.15, -0.1) is 0 Å². The zero-order valence-corrected chi connectivity index (χ0v) is 13.4. The van der Waals surface area contributed by atoms with Crippen LogP contribution in [0, 0.1) is 5.41 Å². The molecule has 0 fully saturated rings. The van der Waals surface area contributed by atoms with Crippen LogP contribution in [0.2, 0.25) is 0 Å². The van der Waals surface area contributed by atoms with Crippen LogP contribution in [-0.2, 0) is 4.74 Å². The number of hydrogen-bond donors (Lipinski definition) is 0. The molecule has 0 saturated heterocycles. The Morgan fingerprint density at radius 3 is 2.11 bits per heavy atom. The van der Waals surface area contributed by atoms with Crippen molar-refractivity contribution in [2.45, 2.75) is 78.2 Å². The van der Waals surface area contributed by atoms with Crippen molar-refractivity contribution < 1.29 is 4.74 Å². The van der Waals surface area contributed by atoms with Crippen LogP contribution in [0.4, 0.5) is 0 Å². The minimum Gasteiger partial charge on any atom is -0.366 e. The van der Waals surface area contributed by atoms with Gasteiger partial charge in [-0.1, -0.05) is 84.1 Å². The molecule has 0 aliphatic heterocycles. The Bertz CT molecular complexity index is 281. The molecule has 1 nitrogen and oxygen atoms in total. The molecule has 0 heterocycles. The molecule has 1 aliphatic rings. The predicted molar refractivity (Wildman–Crippen MR) is 84.4 cm³/mol. The van der Waals surface area contributed by atoms with Crippen molar-refractivity contribution in [1.29, 1.82) is 0 Å². The molecule has 1 aliphatic carbocycles. The minimum absolute atomic E-state index is 0.114. The molecule has 0 aromatic heterocycles. The van der Waals surface area contributed by atoms with Crippen molar-refractivity contribution >= 4 is 0 Å². The Kier molecular flexibility index (Phi) is 6.85. The van der Waals surface area contributed by atoms with Crippen LogP contribution in [0.25, 0.3) is 0 Å². The van der Waals surface area contributed by atoms with E-state index in [0.29, 0.717) is 0 Å². The monoisotopic (exact) mass is 264 g/mol. The maximum atomic E-state index is 6.27. The Morgan fingerprint density at radius 1 is 0.947 bits per heavy atom. The Hall–Kier alpha value is -0.560. The fraction of sp³-hybridized carbons (Fsp3) is 0.778. The first-order chi connectivity index (χ1) is 9.02. The van der Waals surface area contributed by atoms with Gasteiger partial charge in [0.05, 0.1) is 0 Å². The highest BCUT2D eigenvalue weighted by Gasteiger charge is 2.39. The fourth-order valence-electron chi connectivity index (χ4n) is 2.56. The van der Waals surface area contributed by atoms with E-state index in [2.05, 4.69) is 52.0 Å². The Labute approximate surface area is 120 Å². The molecule has 0 atom stereocenters. The Balaban J connectivity index is 2.33. The topological polar surface area (TPSA) is 9.23 Å². The largest absolute Gasteiger partial charge is 0.366 e. The van der Waals surface area contributed by atoms with Crippen molar-refractivity contribution in [1.82, 2.24) is 0 Å². The van der Waals surface area contributed by atoms with E-state index >= 15 is 0 Å². The summed E-state index contributed by atoms with van der Waals surface area (Å²) in [5, 5.41) is 0. The predicted octanol–water partition coefficient (Wildman–Crippen LogP) is 5.66. The minimum atomic E-state index is -0.200. The van der Waals surface area contributed by atoms with E-state index in [4.69, 9.17) is 4.74 Å². The number of allylic oxidation sites excluding steroid dienone is 2. The van der Waals surface area contributed by atoms with Gasteiger partial charge in [0, 0.05) is 6.61 Å².